The summed E-state index contributed by atoms with van der Waals surface area (Å²) in [5.74, 6) is -1.49. The molecule has 0 bridgehead atoms. The first kappa shape index (κ1) is 21.1. The Morgan fingerprint density at radius 3 is 1.41 bits per heavy atom. The van der Waals surface area contributed by atoms with E-state index in [-0.39, 0.29) is 0 Å². The van der Waals surface area contributed by atoms with Crippen LogP contribution >= 0.6 is 17.0 Å². The first-order valence-corrected chi connectivity index (χ1v) is 27.3. The molecule has 4 heteroatoms. The Kier molecular flexibility index (Phi) is 4.80. The Balaban J connectivity index is 1.63. The van der Waals surface area contributed by atoms with Gasteiger partial charge in [-0.15, -0.1) is 0 Å². The van der Waals surface area contributed by atoms with Crippen molar-refractivity contribution in [1.82, 2.24) is 0 Å². The summed E-state index contributed by atoms with van der Waals surface area (Å²) >= 11 is -4.58. The van der Waals surface area contributed by atoms with Gasteiger partial charge in [-0.1, -0.05) is 0 Å². The van der Waals surface area contributed by atoms with E-state index in [0.29, 0.717) is 0 Å². The summed E-state index contributed by atoms with van der Waals surface area (Å²) in [5.41, 5.74) is 10.8. The fraction of sp³-hybridized carbons (Fsp3) is 0.143. The van der Waals surface area contributed by atoms with Gasteiger partial charge in [0.05, 0.1) is 0 Å². The van der Waals surface area contributed by atoms with Crippen molar-refractivity contribution in [2.75, 3.05) is 0 Å². The van der Waals surface area contributed by atoms with E-state index in [0.717, 1.165) is 12.8 Å². The van der Waals surface area contributed by atoms with Gasteiger partial charge in [-0.25, -0.2) is 0 Å². The third-order valence-electron chi connectivity index (χ3n) is 7.70. The first-order chi connectivity index (χ1) is 15.4. The second kappa shape index (κ2) is 7.28. The predicted octanol–water partition coefficient (Wildman–Crippen LogP) is 6.76. The van der Waals surface area contributed by atoms with Crippen molar-refractivity contribution in [3.05, 3.63) is 107 Å². The number of benzene rings is 4. The SMILES string of the molecule is C[SiH](C)[Zr]([Cl])([Cl])([c]1cccc2c1Cc1ccccc1-2)[c]1cccc2c1Cc1ccccc1-2. The van der Waals surface area contributed by atoms with E-state index in [1.807, 2.05) is 0 Å². The molecular weight excluding hydrogens is 527 g/mol. The zero-order valence-electron chi connectivity index (χ0n) is 18.3. The van der Waals surface area contributed by atoms with Crippen LogP contribution in [0.5, 0.6) is 0 Å². The molecule has 4 aromatic carbocycles. The van der Waals surface area contributed by atoms with Gasteiger partial charge in [-0.3, -0.25) is 0 Å². The molecule has 0 heterocycles. The van der Waals surface area contributed by atoms with E-state index in [2.05, 4.69) is 98.0 Å². The molecule has 32 heavy (non-hydrogen) atoms. The number of hydrogen-bond acceptors (Lipinski definition) is 0. The molecule has 159 valence electrons. The Hall–Kier alpha value is -1.44. The molecule has 2 aliphatic rings. The summed E-state index contributed by atoms with van der Waals surface area (Å²) in [6.07, 6.45) is 1.86. The zero-order valence-corrected chi connectivity index (χ0v) is 23.5. The number of halogens is 2. The molecule has 4 aromatic rings. The molecule has 0 aromatic heterocycles. The van der Waals surface area contributed by atoms with Gasteiger partial charge in [0, 0.05) is 0 Å². The van der Waals surface area contributed by atoms with Crippen molar-refractivity contribution in [2.45, 2.75) is 25.9 Å². The molecule has 0 saturated carbocycles. The summed E-state index contributed by atoms with van der Waals surface area (Å²) in [6, 6.07) is 30.9. The van der Waals surface area contributed by atoms with E-state index in [9.17, 15) is 0 Å². The molecule has 0 aliphatic heterocycles. The van der Waals surface area contributed by atoms with E-state index >= 15 is 0 Å². The van der Waals surface area contributed by atoms with E-state index in [1.165, 1.54) is 51.1 Å². The maximum absolute atomic E-state index is 8.07. The third-order valence-corrected chi connectivity index (χ3v) is 55.8. The molecule has 0 atom stereocenters. The molecule has 0 fully saturated rings. The van der Waals surface area contributed by atoms with E-state index < -0.39 is 21.5 Å². The first-order valence-electron chi connectivity index (χ1n) is 11.4. The van der Waals surface area contributed by atoms with Crippen molar-refractivity contribution in [1.29, 1.82) is 0 Å². The van der Waals surface area contributed by atoms with Crippen LogP contribution in [0.1, 0.15) is 22.3 Å². The molecule has 0 saturated heterocycles. The molecule has 0 nitrogen and oxygen atoms in total. The molecular formula is C28H25Cl2SiZr. The van der Waals surface area contributed by atoms with Gasteiger partial charge in [-0.2, -0.15) is 0 Å². The average molecular weight is 552 g/mol. The van der Waals surface area contributed by atoms with Crippen LogP contribution in [0.25, 0.3) is 22.3 Å². The minimum absolute atomic E-state index is 0.932. The maximum atomic E-state index is 8.07. The normalized spacial score (nSPS) is 15.0. The van der Waals surface area contributed by atoms with Crippen LogP contribution in [0.3, 0.4) is 0 Å². The van der Waals surface area contributed by atoms with Crippen LogP contribution in [0.4, 0.5) is 0 Å². The van der Waals surface area contributed by atoms with Crippen LogP contribution < -0.4 is 6.54 Å². The van der Waals surface area contributed by atoms with Gasteiger partial charge in [-0.05, 0) is 0 Å². The van der Waals surface area contributed by atoms with Crippen molar-refractivity contribution < 1.29 is 15.6 Å². The summed E-state index contributed by atoms with van der Waals surface area (Å²) < 4.78 is 2.57. The van der Waals surface area contributed by atoms with Gasteiger partial charge in [0.1, 0.15) is 0 Å². The third kappa shape index (κ3) is 2.77. The molecule has 0 unspecified atom stereocenters. The topological polar surface area (TPSA) is 0 Å². The number of fused-ring (bicyclic) bond motifs is 6. The van der Waals surface area contributed by atoms with Crippen LogP contribution in [0.15, 0.2) is 84.9 Å². The minimum atomic E-state index is -4.58. The molecule has 6 rings (SSSR count). The summed E-state index contributed by atoms with van der Waals surface area (Å²) in [7, 11) is 16.1. The van der Waals surface area contributed by atoms with Crippen molar-refractivity contribution in [3.63, 3.8) is 0 Å². The van der Waals surface area contributed by atoms with Crippen LogP contribution in [-0.2, 0) is 28.4 Å². The van der Waals surface area contributed by atoms with E-state index in [4.69, 9.17) is 17.0 Å². The van der Waals surface area contributed by atoms with Gasteiger partial charge in [0.15, 0.2) is 0 Å². The molecule has 0 radical (unpaired) electrons. The second-order valence-electron chi connectivity index (χ2n) is 9.57. The Bertz CT molecular complexity index is 1310. The summed E-state index contributed by atoms with van der Waals surface area (Å²) in [6.45, 7) is 4.74. The number of hydrogen-bond donors (Lipinski definition) is 0. The average Bonchev–Trinajstić information content (AvgIpc) is 3.37. The van der Waals surface area contributed by atoms with Gasteiger partial charge in [0.25, 0.3) is 0 Å². The molecule has 0 N–H and O–H groups in total. The molecule has 0 spiro atoms. The van der Waals surface area contributed by atoms with Gasteiger partial charge < -0.3 is 0 Å². The zero-order chi connectivity index (χ0) is 22.1. The molecule has 2 aliphatic carbocycles. The van der Waals surface area contributed by atoms with Crippen molar-refractivity contribution >= 4 is 29.5 Å². The van der Waals surface area contributed by atoms with Crippen molar-refractivity contribution in [2.24, 2.45) is 0 Å². The number of rotatable bonds is 3. The van der Waals surface area contributed by atoms with Crippen molar-refractivity contribution in [3.8, 4) is 22.3 Å². The standard InChI is InChI=1S/2C13H9.C2H7Si.2ClH.Zr/c2*1-3-7-12-10(5-1)9-11-6-2-4-8-13(11)12;1-3-2;;;/h2*1-5,7-8H,9H2;3H,1-2H3;2*1H;/q;;;;;+2/p-2. The second-order valence-corrected chi connectivity index (χ2v) is 50.0. The predicted molar refractivity (Wildman–Crippen MR) is 139 cm³/mol. The van der Waals surface area contributed by atoms with Crippen LogP contribution in [0, 0.1) is 0 Å². The Morgan fingerprint density at radius 1 is 0.562 bits per heavy atom. The fourth-order valence-corrected chi connectivity index (χ4v) is 30.3. The molecule has 0 amide bonds. The van der Waals surface area contributed by atoms with Crippen LogP contribution in [-0.4, -0.2) is 5.92 Å². The van der Waals surface area contributed by atoms with E-state index in [1.54, 1.807) is 0 Å². The van der Waals surface area contributed by atoms with Gasteiger partial charge in [0.2, 0.25) is 0 Å². The Morgan fingerprint density at radius 2 is 0.969 bits per heavy atom. The van der Waals surface area contributed by atoms with Crippen LogP contribution in [0.2, 0.25) is 13.1 Å². The summed E-state index contributed by atoms with van der Waals surface area (Å²) in [5, 5.41) is 0. The quantitative estimate of drug-likeness (QED) is 0.213. The Labute approximate surface area is 199 Å². The monoisotopic (exact) mass is 549 g/mol. The summed E-state index contributed by atoms with van der Waals surface area (Å²) in [4.78, 5) is 0. The van der Waals surface area contributed by atoms with Gasteiger partial charge >= 0.3 is 200 Å². The fourth-order valence-electron chi connectivity index (χ4n) is 5.94.